The van der Waals surface area contributed by atoms with Crippen molar-refractivity contribution in [3.63, 3.8) is 0 Å². The van der Waals surface area contributed by atoms with Gasteiger partial charge in [-0.05, 0) is 31.6 Å². The molecule has 0 bridgehead atoms. The van der Waals surface area contributed by atoms with Gasteiger partial charge in [0.2, 0.25) is 0 Å². The van der Waals surface area contributed by atoms with Gasteiger partial charge in [0, 0.05) is 12.8 Å². The summed E-state index contributed by atoms with van der Waals surface area (Å²) in [6.07, 6.45) is 8.73. The van der Waals surface area contributed by atoms with Gasteiger partial charge in [0.1, 0.15) is 6.10 Å². The van der Waals surface area contributed by atoms with E-state index in [-0.39, 0.29) is 23.4 Å². The Morgan fingerprint density at radius 3 is 2.75 bits per heavy atom. The standard InChI is InChI=1S/C18H28O2/c1-6-7-13-8-9-14(11-13)20-17(19)16-15(10-12(2)3)18(16,4)5/h8,10,14-16H,6-7,9,11H2,1-5H3/t14-,15?,16+/m1/s1. The van der Waals surface area contributed by atoms with Crippen molar-refractivity contribution in [2.45, 2.75) is 66.4 Å². The van der Waals surface area contributed by atoms with Crippen molar-refractivity contribution in [2.75, 3.05) is 0 Å². The second-order valence-electron chi connectivity index (χ2n) is 7.18. The first kappa shape index (κ1) is 15.3. The van der Waals surface area contributed by atoms with E-state index in [0.717, 1.165) is 19.3 Å². The minimum absolute atomic E-state index is 0.00801. The molecular weight excluding hydrogens is 248 g/mol. The number of esters is 1. The van der Waals surface area contributed by atoms with Crippen molar-refractivity contribution in [1.29, 1.82) is 0 Å². The maximum atomic E-state index is 12.4. The van der Waals surface area contributed by atoms with E-state index in [0.29, 0.717) is 5.92 Å². The number of hydrogen-bond donors (Lipinski definition) is 0. The van der Waals surface area contributed by atoms with E-state index in [1.807, 2.05) is 0 Å². The lowest BCUT2D eigenvalue weighted by Gasteiger charge is -2.13. The zero-order chi connectivity index (χ0) is 14.9. The van der Waals surface area contributed by atoms with Gasteiger partial charge in [-0.15, -0.1) is 0 Å². The normalized spacial score (nSPS) is 30.6. The third-order valence-corrected chi connectivity index (χ3v) is 4.69. The molecular formula is C18H28O2. The molecule has 0 aromatic rings. The first-order valence-electron chi connectivity index (χ1n) is 7.89. The average Bonchev–Trinajstić information content (AvgIpc) is 2.70. The van der Waals surface area contributed by atoms with Crippen LogP contribution in [0.2, 0.25) is 0 Å². The van der Waals surface area contributed by atoms with Crippen molar-refractivity contribution in [1.82, 2.24) is 0 Å². The van der Waals surface area contributed by atoms with Crippen LogP contribution in [0.1, 0.15) is 60.3 Å². The number of allylic oxidation sites excluding steroid dienone is 2. The SMILES string of the molecule is CCCC1=CC[C@@H](OC(=O)[C@@H]2C(C=C(C)C)C2(C)C)C1. The molecule has 0 radical (unpaired) electrons. The summed E-state index contributed by atoms with van der Waals surface area (Å²) in [6, 6.07) is 0. The maximum Gasteiger partial charge on any atom is 0.310 e. The highest BCUT2D eigenvalue weighted by Gasteiger charge is 2.61. The van der Waals surface area contributed by atoms with Gasteiger partial charge in [-0.25, -0.2) is 0 Å². The second kappa shape index (κ2) is 5.75. The van der Waals surface area contributed by atoms with E-state index < -0.39 is 0 Å². The third kappa shape index (κ3) is 3.16. The molecule has 0 N–H and O–H groups in total. The van der Waals surface area contributed by atoms with Crippen LogP contribution in [-0.2, 0) is 9.53 Å². The predicted molar refractivity (Wildman–Crippen MR) is 82.3 cm³/mol. The van der Waals surface area contributed by atoms with Gasteiger partial charge < -0.3 is 4.74 Å². The molecule has 112 valence electrons. The number of ether oxygens (including phenoxy) is 1. The summed E-state index contributed by atoms with van der Waals surface area (Å²) in [6.45, 7) is 10.7. The lowest BCUT2D eigenvalue weighted by atomic mass is 10.1. The zero-order valence-corrected chi connectivity index (χ0v) is 13.5. The van der Waals surface area contributed by atoms with Crippen LogP contribution >= 0.6 is 0 Å². The molecule has 3 atom stereocenters. The predicted octanol–water partition coefficient (Wildman–Crippen LogP) is 4.66. The van der Waals surface area contributed by atoms with Crippen LogP contribution in [0.4, 0.5) is 0 Å². The largest absolute Gasteiger partial charge is 0.461 e. The quantitative estimate of drug-likeness (QED) is 0.539. The molecule has 0 aromatic carbocycles. The van der Waals surface area contributed by atoms with E-state index in [9.17, 15) is 4.79 Å². The fourth-order valence-electron chi connectivity index (χ4n) is 3.41. The Balaban J connectivity index is 1.87. The molecule has 2 heteroatoms. The van der Waals surface area contributed by atoms with Crippen LogP contribution in [0, 0.1) is 17.3 Å². The second-order valence-corrected chi connectivity index (χ2v) is 7.18. The van der Waals surface area contributed by atoms with Crippen LogP contribution in [0.3, 0.4) is 0 Å². The van der Waals surface area contributed by atoms with Crippen molar-refractivity contribution >= 4 is 5.97 Å². The van der Waals surface area contributed by atoms with Gasteiger partial charge in [-0.1, -0.05) is 50.5 Å². The summed E-state index contributed by atoms with van der Waals surface area (Å²) in [5, 5.41) is 0. The minimum Gasteiger partial charge on any atom is -0.461 e. The van der Waals surface area contributed by atoms with E-state index in [1.165, 1.54) is 17.6 Å². The van der Waals surface area contributed by atoms with Gasteiger partial charge >= 0.3 is 5.97 Å². The molecule has 2 aliphatic carbocycles. The van der Waals surface area contributed by atoms with Gasteiger partial charge in [0.05, 0.1) is 5.92 Å². The molecule has 2 nitrogen and oxygen atoms in total. The summed E-state index contributed by atoms with van der Waals surface area (Å²) < 4.78 is 5.74. The van der Waals surface area contributed by atoms with Crippen LogP contribution in [0.25, 0.3) is 0 Å². The van der Waals surface area contributed by atoms with Gasteiger partial charge in [0.15, 0.2) is 0 Å². The topological polar surface area (TPSA) is 26.3 Å². The fraction of sp³-hybridized carbons (Fsp3) is 0.722. The molecule has 0 heterocycles. The monoisotopic (exact) mass is 276 g/mol. The third-order valence-electron chi connectivity index (χ3n) is 4.69. The highest BCUT2D eigenvalue weighted by Crippen LogP contribution is 2.60. The van der Waals surface area contributed by atoms with Crippen LogP contribution < -0.4 is 0 Å². The zero-order valence-electron chi connectivity index (χ0n) is 13.5. The Bertz CT molecular complexity index is 438. The van der Waals surface area contributed by atoms with E-state index in [1.54, 1.807) is 0 Å². The van der Waals surface area contributed by atoms with Crippen molar-refractivity contribution in [2.24, 2.45) is 17.3 Å². The molecule has 0 saturated heterocycles. The molecule has 0 aromatic heterocycles. The first-order valence-corrected chi connectivity index (χ1v) is 7.89. The first-order chi connectivity index (χ1) is 9.36. The molecule has 2 aliphatic rings. The Kier molecular flexibility index (Phi) is 4.41. The van der Waals surface area contributed by atoms with Crippen LogP contribution in [-0.4, -0.2) is 12.1 Å². The summed E-state index contributed by atoms with van der Waals surface area (Å²) in [7, 11) is 0. The van der Waals surface area contributed by atoms with Crippen LogP contribution in [0.5, 0.6) is 0 Å². The Labute approximate surface area is 123 Å². The fourth-order valence-corrected chi connectivity index (χ4v) is 3.41. The van der Waals surface area contributed by atoms with Gasteiger partial charge in [-0.3, -0.25) is 4.79 Å². The van der Waals surface area contributed by atoms with Crippen molar-refractivity contribution < 1.29 is 9.53 Å². The molecule has 0 aliphatic heterocycles. The summed E-state index contributed by atoms with van der Waals surface area (Å²) in [5.74, 6) is 0.408. The van der Waals surface area contributed by atoms with Crippen molar-refractivity contribution in [3.8, 4) is 0 Å². The lowest BCUT2D eigenvalue weighted by Crippen LogP contribution is -2.18. The summed E-state index contributed by atoms with van der Waals surface area (Å²) >= 11 is 0. The average molecular weight is 276 g/mol. The molecule has 0 amide bonds. The van der Waals surface area contributed by atoms with E-state index >= 15 is 0 Å². The number of carbonyl (C=O) groups excluding carboxylic acids is 1. The lowest BCUT2D eigenvalue weighted by molar-refractivity contribution is -0.151. The molecule has 1 fully saturated rings. The van der Waals surface area contributed by atoms with Crippen LogP contribution in [0.15, 0.2) is 23.3 Å². The smallest absolute Gasteiger partial charge is 0.310 e. The van der Waals surface area contributed by atoms with Crippen molar-refractivity contribution in [3.05, 3.63) is 23.3 Å². The minimum atomic E-state index is 0.00801. The Morgan fingerprint density at radius 1 is 1.45 bits per heavy atom. The van der Waals surface area contributed by atoms with Gasteiger partial charge in [0.25, 0.3) is 0 Å². The molecule has 2 rings (SSSR count). The Hall–Kier alpha value is -1.05. The maximum absolute atomic E-state index is 12.4. The summed E-state index contributed by atoms with van der Waals surface area (Å²) in [4.78, 5) is 12.4. The molecule has 1 unspecified atom stereocenters. The van der Waals surface area contributed by atoms with E-state index in [4.69, 9.17) is 4.74 Å². The van der Waals surface area contributed by atoms with Gasteiger partial charge in [-0.2, -0.15) is 0 Å². The summed E-state index contributed by atoms with van der Waals surface area (Å²) in [5.41, 5.74) is 2.81. The molecule has 1 saturated carbocycles. The number of carbonyl (C=O) groups is 1. The van der Waals surface area contributed by atoms with E-state index in [2.05, 4.69) is 46.8 Å². The molecule has 20 heavy (non-hydrogen) atoms. The molecule has 0 spiro atoms. The highest BCUT2D eigenvalue weighted by atomic mass is 16.5. The number of rotatable bonds is 5. The Morgan fingerprint density at radius 2 is 2.15 bits per heavy atom. The highest BCUT2D eigenvalue weighted by molar-refractivity contribution is 5.78. The number of hydrogen-bond acceptors (Lipinski definition) is 2.